The van der Waals surface area contributed by atoms with Crippen molar-refractivity contribution in [2.24, 2.45) is 0 Å². The Morgan fingerprint density at radius 2 is 1.70 bits per heavy atom. The number of nitriles is 1. The molecule has 0 fully saturated rings. The number of anilines is 1. The van der Waals surface area contributed by atoms with Crippen molar-refractivity contribution in [3.8, 4) is 6.07 Å². The number of nitrogens with zero attached hydrogens (tertiary/aromatic N) is 1. The summed E-state index contributed by atoms with van der Waals surface area (Å²) in [5.41, 5.74) is 5.93. The van der Waals surface area contributed by atoms with Crippen LogP contribution in [-0.2, 0) is 11.2 Å². The Hall–Kier alpha value is -3.68. The molecule has 3 nitrogen and oxygen atoms in total. The van der Waals surface area contributed by atoms with Crippen molar-refractivity contribution in [2.45, 2.75) is 20.3 Å². The average molecular weight is 495 g/mol. The third kappa shape index (κ3) is 4.89. The van der Waals surface area contributed by atoms with Crippen LogP contribution in [-0.4, -0.2) is 5.91 Å². The zero-order chi connectivity index (χ0) is 23.4. The van der Waals surface area contributed by atoms with E-state index in [-0.39, 0.29) is 5.57 Å². The first-order valence-electron chi connectivity index (χ1n) is 10.7. The highest BCUT2D eigenvalue weighted by Gasteiger charge is 2.15. The van der Waals surface area contributed by atoms with Gasteiger partial charge >= 0.3 is 0 Å². The summed E-state index contributed by atoms with van der Waals surface area (Å²) in [7, 11) is 0. The minimum atomic E-state index is -0.411. The van der Waals surface area contributed by atoms with Gasteiger partial charge in [0, 0.05) is 10.2 Å². The van der Waals surface area contributed by atoms with Gasteiger partial charge < -0.3 is 5.32 Å². The Kier molecular flexibility index (Phi) is 6.72. The Balaban J connectivity index is 1.79. The highest BCUT2D eigenvalue weighted by molar-refractivity contribution is 9.10. The van der Waals surface area contributed by atoms with Crippen molar-refractivity contribution in [1.82, 2.24) is 0 Å². The third-order valence-corrected chi connectivity index (χ3v) is 6.68. The lowest BCUT2D eigenvalue weighted by Crippen LogP contribution is -2.14. The first kappa shape index (κ1) is 22.5. The molecule has 0 atom stereocenters. The predicted molar refractivity (Wildman–Crippen MR) is 139 cm³/mol. The second kappa shape index (κ2) is 9.85. The van der Waals surface area contributed by atoms with Crippen LogP contribution in [0.5, 0.6) is 0 Å². The van der Waals surface area contributed by atoms with E-state index in [1.165, 1.54) is 0 Å². The lowest BCUT2D eigenvalue weighted by Gasteiger charge is -2.13. The quantitative estimate of drug-likeness (QED) is 0.232. The maximum absolute atomic E-state index is 13.1. The molecule has 0 aliphatic heterocycles. The van der Waals surface area contributed by atoms with Crippen LogP contribution >= 0.6 is 15.9 Å². The van der Waals surface area contributed by atoms with Gasteiger partial charge in [-0.05, 0) is 77.1 Å². The molecular weight excluding hydrogens is 472 g/mol. The van der Waals surface area contributed by atoms with Gasteiger partial charge in [0.25, 0.3) is 5.91 Å². The number of aryl methyl sites for hydroxylation is 1. The van der Waals surface area contributed by atoms with E-state index in [0.717, 1.165) is 43.1 Å². The van der Waals surface area contributed by atoms with Gasteiger partial charge in [0.05, 0.1) is 0 Å². The summed E-state index contributed by atoms with van der Waals surface area (Å²) in [6.07, 6.45) is 2.39. The van der Waals surface area contributed by atoms with E-state index in [2.05, 4.69) is 45.5 Å². The minimum absolute atomic E-state index is 0.0700. The summed E-state index contributed by atoms with van der Waals surface area (Å²) in [6, 6.07) is 28.1. The molecule has 0 saturated carbocycles. The van der Waals surface area contributed by atoms with E-state index in [1.54, 1.807) is 6.08 Å². The van der Waals surface area contributed by atoms with Crippen molar-refractivity contribution in [3.63, 3.8) is 0 Å². The van der Waals surface area contributed by atoms with Gasteiger partial charge in [0.15, 0.2) is 0 Å². The average Bonchev–Trinajstić information content (AvgIpc) is 2.82. The van der Waals surface area contributed by atoms with Gasteiger partial charge in [-0.25, -0.2) is 0 Å². The van der Waals surface area contributed by atoms with Crippen LogP contribution in [0.15, 0.2) is 88.9 Å². The first-order chi connectivity index (χ1) is 16.0. The number of fused-ring (bicyclic) bond motifs is 1. The number of amides is 1. The fourth-order valence-electron chi connectivity index (χ4n) is 3.88. The molecule has 0 aliphatic rings. The summed E-state index contributed by atoms with van der Waals surface area (Å²) in [4.78, 5) is 13.1. The molecule has 0 bridgehead atoms. The number of nitrogens with one attached hydrogen (secondary N) is 1. The number of carbonyl (C=O) groups is 1. The summed E-state index contributed by atoms with van der Waals surface area (Å²) in [5.74, 6) is -0.411. The van der Waals surface area contributed by atoms with Crippen LogP contribution in [0, 0.1) is 25.2 Å². The standard InChI is InChI=1S/C29H23BrN2O/c1-19-8-7-13-28(20(19)2)32-29(33)24(18-31)17-26-22(16-23-10-4-6-12-27(23)30)15-14-21-9-3-5-11-25(21)26/h3-15,17H,16H2,1-2H3,(H,32,33)/b24-17+. The SMILES string of the molecule is Cc1cccc(NC(=O)/C(C#N)=C/c2c(Cc3ccccc3Br)ccc3ccccc23)c1C. The predicted octanol–water partition coefficient (Wildman–Crippen LogP) is 7.36. The number of halogens is 1. The van der Waals surface area contributed by atoms with E-state index in [1.807, 2.05) is 74.5 Å². The molecule has 1 amide bonds. The van der Waals surface area contributed by atoms with E-state index < -0.39 is 5.91 Å². The van der Waals surface area contributed by atoms with Crippen LogP contribution in [0.3, 0.4) is 0 Å². The maximum atomic E-state index is 13.1. The Morgan fingerprint density at radius 3 is 2.48 bits per heavy atom. The van der Waals surface area contributed by atoms with E-state index in [0.29, 0.717) is 12.1 Å². The van der Waals surface area contributed by atoms with Gasteiger partial charge in [-0.15, -0.1) is 0 Å². The van der Waals surface area contributed by atoms with Crippen molar-refractivity contribution in [3.05, 3.63) is 117 Å². The molecule has 4 aromatic carbocycles. The lowest BCUT2D eigenvalue weighted by atomic mass is 9.93. The van der Waals surface area contributed by atoms with Crippen molar-refractivity contribution in [2.75, 3.05) is 5.32 Å². The lowest BCUT2D eigenvalue weighted by molar-refractivity contribution is -0.112. The Morgan fingerprint density at radius 1 is 0.939 bits per heavy atom. The molecule has 1 N–H and O–H groups in total. The molecule has 0 spiro atoms. The fourth-order valence-corrected chi connectivity index (χ4v) is 4.31. The number of benzene rings is 4. The molecule has 162 valence electrons. The van der Waals surface area contributed by atoms with Gasteiger partial charge in [-0.3, -0.25) is 4.79 Å². The molecule has 33 heavy (non-hydrogen) atoms. The maximum Gasteiger partial charge on any atom is 0.266 e. The third-order valence-electron chi connectivity index (χ3n) is 5.91. The fraction of sp³-hybridized carbons (Fsp3) is 0.103. The highest BCUT2D eigenvalue weighted by Crippen LogP contribution is 2.29. The summed E-state index contributed by atoms with van der Waals surface area (Å²) < 4.78 is 1.03. The molecule has 4 aromatic rings. The molecule has 4 heteroatoms. The molecule has 4 rings (SSSR count). The van der Waals surface area contributed by atoms with Crippen molar-refractivity contribution in [1.29, 1.82) is 5.26 Å². The molecule has 0 heterocycles. The smallest absolute Gasteiger partial charge is 0.266 e. The van der Waals surface area contributed by atoms with E-state index in [9.17, 15) is 10.1 Å². The normalized spacial score (nSPS) is 11.3. The molecule has 0 aliphatic carbocycles. The molecule has 0 radical (unpaired) electrons. The molecule has 0 aromatic heterocycles. The first-order valence-corrected chi connectivity index (χ1v) is 11.5. The Bertz CT molecular complexity index is 1430. The minimum Gasteiger partial charge on any atom is -0.321 e. The molecule has 0 saturated heterocycles. The second-order valence-corrected chi connectivity index (χ2v) is 8.85. The highest BCUT2D eigenvalue weighted by atomic mass is 79.9. The van der Waals surface area contributed by atoms with Crippen LogP contribution in [0.25, 0.3) is 16.8 Å². The number of hydrogen-bond acceptors (Lipinski definition) is 2. The summed E-state index contributed by atoms with van der Waals surface area (Å²) in [5, 5.41) is 14.9. The second-order valence-electron chi connectivity index (χ2n) is 8.00. The molecular formula is C29H23BrN2O. The van der Waals surface area contributed by atoms with Gasteiger partial charge in [-0.2, -0.15) is 5.26 Å². The topological polar surface area (TPSA) is 52.9 Å². The van der Waals surface area contributed by atoms with Crippen LogP contribution in [0.1, 0.15) is 27.8 Å². The number of hydrogen-bond donors (Lipinski definition) is 1. The van der Waals surface area contributed by atoms with Crippen molar-refractivity contribution >= 4 is 44.4 Å². The van der Waals surface area contributed by atoms with Gasteiger partial charge in [0.1, 0.15) is 11.6 Å². The molecule has 0 unspecified atom stereocenters. The zero-order valence-corrected chi connectivity index (χ0v) is 20.1. The van der Waals surface area contributed by atoms with Crippen LogP contribution < -0.4 is 5.32 Å². The largest absolute Gasteiger partial charge is 0.321 e. The zero-order valence-electron chi connectivity index (χ0n) is 18.5. The van der Waals surface area contributed by atoms with Crippen LogP contribution in [0.4, 0.5) is 5.69 Å². The van der Waals surface area contributed by atoms with Gasteiger partial charge in [-0.1, -0.05) is 82.7 Å². The monoisotopic (exact) mass is 494 g/mol. The van der Waals surface area contributed by atoms with E-state index in [4.69, 9.17) is 0 Å². The Labute approximate surface area is 202 Å². The van der Waals surface area contributed by atoms with E-state index >= 15 is 0 Å². The summed E-state index contributed by atoms with van der Waals surface area (Å²) >= 11 is 3.63. The van der Waals surface area contributed by atoms with Crippen molar-refractivity contribution < 1.29 is 4.79 Å². The number of rotatable bonds is 5. The van der Waals surface area contributed by atoms with Crippen LogP contribution in [0.2, 0.25) is 0 Å². The number of carbonyl (C=O) groups excluding carboxylic acids is 1. The van der Waals surface area contributed by atoms with Gasteiger partial charge in [0.2, 0.25) is 0 Å². The summed E-state index contributed by atoms with van der Waals surface area (Å²) in [6.45, 7) is 3.96.